The van der Waals surface area contributed by atoms with E-state index in [0.29, 0.717) is 0 Å². The number of nitrogens with zero attached hydrogens (tertiary/aromatic N) is 1. The SMILES string of the molecule is C=Cc1cc(C(=O)C(C)(C)C)n2c1CC(C)(C)C2. The summed E-state index contributed by atoms with van der Waals surface area (Å²) in [5.74, 6) is 0.217. The van der Waals surface area contributed by atoms with Crippen LogP contribution in [0.15, 0.2) is 12.6 Å². The standard InChI is InChI=1S/C16H23NO/c1-7-11-8-12(14(18)15(2,3)4)17-10-16(5,6)9-13(11)17/h7-8H,1,9-10H2,2-6H3. The van der Waals surface area contributed by atoms with Gasteiger partial charge in [-0.05, 0) is 23.5 Å². The van der Waals surface area contributed by atoms with E-state index in [4.69, 9.17) is 0 Å². The van der Waals surface area contributed by atoms with Crippen LogP contribution in [0.2, 0.25) is 0 Å². The van der Waals surface area contributed by atoms with Crippen LogP contribution in [0.1, 0.15) is 56.4 Å². The third kappa shape index (κ3) is 2.05. The van der Waals surface area contributed by atoms with Gasteiger partial charge in [0.2, 0.25) is 0 Å². The predicted molar refractivity (Wildman–Crippen MR) is 75.8 cm³/mol. The highest BCUT2D eigenvalue weighted by atomic mass is 16.1. The smallest absolute Gasteiger partial charge is 0.184 e. The van der Waals surface area contributed by atoms with Crippen LogP contribution in [-0.2, 0) is 13.0 Å². The van der Waals surface area contributed by atoms with Crippen molar-refractivity contribution < 1.29 is 4.79 Å². The second kappa shape index (κ2) is 3.84. The van der Waals surface area contributed by atoms with Gasteiger partial charge in [-0.3, -0.25) is 4.79 Å². The molecule has 0 N–H and O–H groups in total. The van der Waals surface area contributed by atoms with Crippen molar-refractivity contribution in [2.75, 3.05) is 0 Å². The van der Waals surface area contributed by atoms with Gasteiger partial charge in [0.25, 0.3) is 0 Å². The van der Waals surface area contributed by atoms with Crippen molar-refractivity contribution in [1.29, 1.82) is 0 Å². The van der Waals surface area contributed by atoms with E-state index < -0.39 is 0 Å². The molecule has 18 heavy (non-hydrogen) atoms. The normalized spacial score (nSPS) is 17.6. The van der Waals surface area contributed by atoms with Crippen LogP contribution in [0, 0.1) is 10.8 Å². The molecule has 2 heteroatoms. The molecule has 0 unspecified atom stereocenters. The molecule has 0 saturated heterocycles. The van der Waals surface area contributed by atoms with Crippen LogP contribution in [0.3, 0.4) is 0 Å². The van der Waals surface area contributed by atoms with E-state index in [1.165, 1.54) is 5.69 Å². The highest BCUT2D eigenvalue weighted by Crippen LogP contribution is 2.37. The van der Waals surface area contributed by atoms with Gasteiger partial charge < -0.3 is 4.57 Å². The van der Waals surface area contributed by atoms with E-state index in [9.17, 15) is 4.79 Å². The fourth-order valence-electron chi connectivity index (χ4n) is 2.67. The molecule has 1 aliphatic heterocycles. The van der Waals surface area contributed by atoms with Crippen LogP contribution in [-0.4, -0.2) is 10.4 Å². The summed E-state index contributed by atoms with van der Waals surface area (Å²) in [4.78, 5) is 12.5. The van der Waals surface area contributed by atoms with E-state index in [-0.39, 0.29) is 16.6 Å². The minimum absolute atomic E-state index is 0.217. The Morgan fingerprint density at radius 1 is 1.44 bits per heavy atom. The highest BCUT2D eigenvalue weighted by Gasteiger charge is 2.35. The zero-order valence-electron chi connectivity index (χ0n) is 12.1. The molecule has 98 valence electrons. The third-order valence-electron chi connectivity index (χ3n) is 3.61. The maximum absolute atomic E-state index is 12.5. The topological polar surface area (TPSA) is 22.0 Å². The molecule has 2 rings (SSSR count). The molecule has 1 aromatic rings. The molecular formula is C16H23NO. The number of fused-ring (bicyclic) bond motifs is 1. The Morgan fingerprint density at radius 3 is 2.56 bits per heavy atom. The minimum atomic E-state index is -0.333. The molecule has 0 saturated carbocycles. The molecule has 1 aromatic heterocycles. The Morgan fingerprint density at radius 2 is 2.06 bits per heavy atom. The summed E-state index contributed by atoms with van der Waals surface area (Å²) in [6, 6.07) is 2.01. The summed E-state index contributed by atoms with van der Waals surface area (Å²) in [5, 5.41) is 0. The molecular weight excluding hydrogens is 222 g/mol. The van der Waals surface area contributed by atoms with E-state index in [0.717, 1.165) is 24.2 Å². The van der Waals surface area contributed by atoms with E-state index in [1.807, 2.05) is 32.9 Å². The maximum atomic E-state index is 12.5. The second-order valence-electron chi connectivity index (χ2n) is 7.14. The second-order valence-corrected chi connectivity index (χ2v) is 7.14. The molecule has 0 aliphatic carbocycles. The van der Waals surface area contributed by atoms with Crippen LogP contribution >= 0.6 is 0 Å². The summed E-state index contributed by atoms with van der Waals surface area (Å²) in [6.45, 7) is 15.2. The number of hydrogen-bond donors (Lipinski definition) is 0. The summed E-state index contributed by atoms with van der Waals surface area (Å²) in [7, 11) is 0. The fraction of sp³-hybridized carbons (Fsp3) is 0.562. The van der Waals surface area contributed by atoms with E-state index in [2.05, 4.69) is 25.0 Å². The van der Waals surface area contributed by atoms with Crippen molar-refractivity contribution in [3.05, 3.63) is 29.6 Å². The lowest BCUT2D eigenvalue weighted by atomic mass is 9.87. The van der Waals surface area contributed by atoms with Crippen molar-refractivity contribution in [2.45, 2.75) is 47.6 Å². The van der Waals surface area contributed by atoms with Gasteiger partial charge in [0.15, 0.2) is 5.78 Å². The molecule has 1 aliphatic rings. The third-order valence-corrected chi connectivity index (χ3v) is 3.61. The van der Waals surface area contributed by atoms with Gasteiger partial charge in [-0.25, -0.2) is 0 Å². The Labute approximate surface area is 110 Å². The first-order valence-corrected chi connectivity index (χ1v) is 6.55. The average molecular weight is 245 g/mol. The van der Waals surface area contributed by atoms with Gasteiger partial charge in [-0.1, -0.05) is 47.3 Å². The summed E-state index contributed by atoms with van der Waals surface area (Å²) >= 11 is 0. The lowest BCUT2D eigenvalue weighted by molar-refractivity contribution is 0.0847. The Kier molecular flexibility index (Phi) is 2.80. The number of hydrogen-bond acceptors (Lipinski definition) is 1. The quantitative estimate of drug-likeness (QED) is 0.723. The number of aromatic nitrogens is 1. The van der Waals surface area contributed by atoms with Crippen LogP contribution in [0.25, 0.3) is 6.08 Å². The first-order valence-electron chi connectivity index (χ1n) is 6.55. The van der Waals surface area contributed by atoms with Gasteiger partial charge in [-0.2, -0.15) is 0 Å². The van der Waals surface area contributed by atoms with Gasteiger partial charge in [0.1, 0.15) is 0 Å². The van der Waals surface area contributed by atoms with Crippen molar-refractivity contribution in [3.8, 4) is 0 Å². The fourth-order valence-corrected chi connectivity index (χ4v) is 2.67. The van der Waals surface area contributed by atoms with Crippen molar-refractivity contribution in [1.82, 2.24) is 4.57 Å². The minimum Gasteiger partial charge on any atom is -0.341 e. The van der Waals surface area contributed by atoms with Crippen LogP contribution < -0.4 is 0 Å². The molecule has 0 amide bonds. The molecule has 2 heterocycles. The lowest BCUT2D eigenvalue weighted by Crippen LogP contribution is -2.24. The molecule has 0 radical (unpaired) electrons. The number of carbonyl (C=O) groups is 1. The first-order chi connectivity index (χ1) is 8.15. The molecule has 0 aromatic carbocycles. The zero-order valence-corrected chi connectivity index (χ0v) is 12.1. The van der Waals surface area contributed by atoms with E-state index in [1.54, 1.807) is 0 Å². The Balaban J connectivity index is 2.53. The van der Waals surface area contributed by atoms with Gasteiger partial charge >= 0.3 is 0 Å². The molecule has 0 spiro atoms. The summed E-state index contributed by atoms with van der Waals surface area (Å²) in [6.07, 6.45) is 2.89. The summed E-state index contributed by atoms with van der Waals surface area (Å²) < 4.78 is 2.20. The van der Waals surface area contributed by atoms with E-state index >= 15 is 0 Å². The maximum Gasteiger partial charge on any atom is 0.184 e. The number of carbonyl (C=O) groups excluding carboxylic acids is 1. The van der Waals surface area contributed by atoms with Crippen molar-refractivity contribution >= 4 is 11.9 Å². The van der Waals surface area contributed by atoms with Gasteiger partial charge in [-0.15, -0.1) is 0 Å². The molecule has 2 nitrogen and oxygen atoms in total. The van der Waals surface area contributed by atoms with Crippen molar-refractivity contribution in [3.63, 3.8) is 0 Å². The number of ketones is 1. The lowest BCUT2D eigenvalue weighted by Gasteiger charge is -2.20. The first kappa shape index (κ1) is 13.1. The Bertz CT molecular complexity index is 512. The molecule has 0 fully saturated rings. The van der Waals surface area contributed by atoms with Crippen molar-refractivity contribution in [2.24, 2.45) is 10.8 Å². The van der Waals surface area contributed by atoms with Gasteiger partial charge in [0.05, 0.1) is 5.69 Å². The van der Waals surface area contributed by atoms with Gasteiger partial charge in [0, 0.05) is 17.7 Å². The van der Waals surface area contributed by atoms with Crippen LogP contribution in [0.5, 0.6) is 0 Å². The monoisotopic (exact) mass is 245 g/mol. The average Bonchev–Trinajstić information content (AvgIpc) is 2.68. The van der Waals surface area contributed by atoms with Crippen LogP contribution in [0.4, 0.5) is 0 Å². The number of rotatable bonds is 2. The predicted octanol–water partition coefficient (Wildman–Crippen LogP) is 3.94. The highest BCUT2D eigenvalue weighted by molar-refractivity contribution is 5.99. The Hall–Kier alpha value is -1.31. The molecule has 0 atom stereocenters. The number of Topliss-reactive ketones (excluding diaryl/α,β-unsaturated/α-hetero) is 1. The summed E-state index contributed by atoms with van der Waals surface area (Å²) in [5.41, 5.74) is 3.13. The zero-order chi connectivity index (χ0) is 13.7. The largest absolute Gasteiger partial charge is 0.341 e. The molecule has 0 bridgehead atoms.